The lowest BCUT2D eigenvalue weighted by Gasteiger charge is -2.26. The maximum absolute atomic E-state index is 14.0. The SMILES string of the molecule is C#Cc1ccc2c(C(=O)c3ccc(OCCN4CCCCC4)cc3)c(-c3ccc(OS(=O)(=O)CCCC)cc3)sc2c1. The number of carbonyl (C=O) groups excluding carboxylic acids is 1. The number of likely N-dealkylation sites (tertiary alicyclic amines) is 1. The summed E-state index contributed by atoms with van der Waals surface area (Å²) in [4.78, 5) is 17.2. The molecule has 1 saturated heterocycles. The summed E-state index contributed by atoms with van der Waals surface area (Å²) in [6.07, 6.45) is 10.8. The monoisotopic (exact) mass is 601 g/mol. The van der Waals surface area contributed by atoms with Crippen molar-refractivity contribution in [2.75, 3.05) is 32.0 Å². The van der Waals surface area contributed by atoms with Crippen LogP contribution in [-0.2, 0) is 10.1 Å². The molecule has 218 valence electrons. The Morgan fingerprint density at radius 3 is 2.38 bits per heavy atom. The lowest BCUT2D eigenvalue weighted by molar-refractivity contribution is 0.104. The van der Waals surface area contributed by atoms with Crippen LogP contribution < -0.4 is 8.92 Å². The molecule has 1 fully saturated rings. The van der Waals surface area contributed by atoms with E-state index in [-0.39, 0.29) is 17.3 Å². The second-order valence-electron chi connectivity index (χ2n) is 10.5. The predicted molar refractivity (Wildman–Crippen MR) is 170 cm³/mol. The number of thiophene rings is 1. The van der Waals surface area contributed by atoms with Gasteiger partial charge in [0.25, 0.3) is 0 Å². The minimum absolute atomic E-state index is 0.0278. The third kappa shape index (κ3) is 7.22. The number of terminal acetylenes is 1. The van der Waals surface area contributed by atoms with Gasteiger partial charge in [0.1, 0.15) is 18.1 Å². The van der Waals surface area contributed by atoms with Gasteiger partial charge >= 0.3 is 10.1 Å². The van der Waals surface area contributed by atoms with Crippen molar-refractivity contribution in [2.24, 2.45) is 0 Å². The highest BCUT2D eigenvalue weighted by molar-refractivity contribution is 7.87. The van der Waals surface area contributed by atoms with Crippen LogP contribution in [0, 0.1) is 12.3 Å². The van der Waals surface area contributed by atoms with E-state index in [0.717, 1.165) is 57.9 Å². The van der Waals surface area contributed by atoms with Crippen molar-refractivity contribution < 1.29 is 22.1 Å². The molecular weight excluding hydrogens is 567 g/mol. The van der Waals surface area contributed by atoms with E-state index < -0.39 is 10.1 Å². The Morgan fingerprint density at radius 1 is 0.976 bits per heavy atom. The number of hydrogen-bond donors (Lipinski definition) is 0. The van der Waals surface area contributed by atoms with E-state index in [9.17, 15) is 13.2 Å². The van der Waals surface area contributed by atoms with Crippen LogP contribution in [-0.4, -0.2) is 51.1 Å². The van der Waals surface area contributed by atoms with E-state index in [1.54, 1.807) is 36.4 Å². The molecule has 0 aliphatic carbocycles. The van der Waals surface area contributed by atoms with Gasteiger partial charge in [-0.1, -0.05) is 31.8 Å². The minimum Gasteiger partial charge on any atom is -0.492 e. The van der Waals surface area contributed by atoms with Crippen molar-refractivity contribution >= 4 is 37.3 Å². The number of carbonyl (C=O) groups is 1. The quantitative estimate of drug-likeness (QED) is 0.0975. The number of ketones is 1. The second kappa shape index (κ2) is 13.6. The van der Waals surface area contributed by atoms with Crippen LogP contribution in [0.3, 0.4) is 0 Å². The molecule has 5 rings (SSSR count). The van der Waals surface area contributed by atoms with Gasteiger partial charge in [-0.05, 0) is 98.6 Å². The number of benzene rings is 3. The third-order valence-corrected chi connectivity index (χ3v) is 9.85. The fourth-order valence-electron chi connectivity index (χ4n) is 5.11. The van der Waals surface area contributed by atoms with E-state index in [1.807, 2.05) is 37.3 Å². The number of fused-ring (bicyclic) bond motifs is 1. The van der Waals surface area contributed by atoms with E-state index >= 15 is 0 Å². The smallest absolute Gasteiger partial charge is 0.309 e. The van der Waals surface area contributed by atoms with Crippen LogP contribution in [0.2, 0.25) is 0 Å². The molecule has 1 aliphatic heterocycles. The molecule has 0 atom stereocenters. The molecule has 3 aromatic carbocycles. The molecule has 1 aromatic heterocycles. The summed E-state index contributed by atoms with van der Waals surface area (Å²) in [6.45, 7) is 5.71. The molecule has 0 amide bonds. The molecule has 2 heterocycles. The summed E-state index contributed by atoms with van der Waals surface area (Å²) in [5, 5.41) is 0.823. The van der Waals surface area contributed by atoms with Crippen molar-refractivity contribution in [1.29, 1.82) is 0 Å². The first kappa shape index (κ1) is 29.8. The first-order chi connectivity index (χ1) is 20.4. The van der Waals surface area contributed by atoms with Crippen LogP contribution in [0.5, 0.6) is 11.5 Å². The first-order valence-corrected chi connectivity index (χ1v) is 16.8. The van der Waals surface area contributed by atoms with Crippen LogP contribution in [0.1, 0.15) is 60.5 Å². The Hall–Kier alpha value is -3.64. The van der Waals surface area contributed by atoms with Gasteiger partial charge in [-0.25, -0.2) is 0 Å². The van der Waals surface area contributed by atoms with Crippen molar-refractivity contribution in [1.82, 2.24) is 4.90 Å². The third-order valence-electron chi connectivity index (χ3n) is 7.41. The Kier molecular flexibility index (Phi) is 9.63. The number of unbranched alkanes of at least 4 members (excludes halogenated alkanes) is 1. The van der Waals surface area contributed by atoms with Crippen molar-refractivity contribution in [3.63, 3.8) is 0 Å². The average Bonchev–Trinajstić information content (AvgIpc) is 3.39. The highest BCUT2D eigenvalue weighted by Gasteiger charge is 2.22. The largest absolute Gasteiger partial charge is 0.492 e. The van der Waals surface area contributed by atoms with E-state index in [0.29, 0.717) is 24.2 Å². The van der Waals surface area contributed by atoms with E-state index in [2.05, 4.69) is 10.8 Å². The number of nitrogens with zero attached hydrogens (tertiary/aromatic N) is 1. The van der Waals surface area contributed by atoms with Crippen LogP contribution in [0.25, 0.3) is 20.5 Å². The molecule has 0 radical (unpaired) electrons. The second-order valence-corrected chi connectivity index (χ2v) is 13.2. The van der Waals surface area contributed by atoms with Crippen molar-refractivity contribution in [3.05, 3.63) is 83.4 Å². The van der Waals surface area contributed by atoms with E-state index in [4.69, 9.17) is 15.3 Å². The zero-order valence-electron chi connectivity index (χ0n) is 23.8. The van der Waals surface area contributed by atoms with Gasteiger partial charge in [-0.3, -0.25) is 9.69 Å². The zero-order chi connectivity index (χ0) is 29.5. The van der Waals surface area contributed by atoms with Gasteiger partial charge < -0.3 is 8.92 Å². The number of ether oxygens (including phenoxy) is 1. The van der Waals surface area contributed by atoms with Crippen LogP contribution in [0.4, 0.5) is 0 Å². The Morgan fingerprint density at radius 2 is 1.69 bits per heavy atom. The fraction of sp³-hybridized carbons (Fsp3) is 0.324. The van der Waals surface area contributed by atoms with Gasteiger partial charge in [-0.2, -0.15) is 8.42 Å². The molecule has 0 N–H and O–H groups in total. The maximum atomic E-state index is 14.0. The van der Waals surface area contributed by atoms with Crippen molar-refractivity contribution in [2.45, 2.75) is 39.0 Å². The number of hydrogen-bond acceptors (Lipinski definition) is 7. The standard InChI is InChI=1S/C34H35NO5S2/c1-3-5-23-42(37,38)40-29-16-12-27(13-17-29)34-32(30-18-9-25(4-2)24-31(30)41-34)33(36)26-10-14-28(15-11-26)39-22-21-35-19-7-6-8-20-35/h2,9-18,24H,3,5-8,19-23H2,1H3. The van der Waals surface area contributed by atoms with Gasteiger partial charge in [0.2, 0.25) is 0 Å². The Bertz CT molecular complexity index is 1680. The normalized spacial score (nSPS) is 14.0. The molecule has 6 nitrogen and oxygen atoms in total. The highest BCUT2D eigenvalue weighted by atomic mass is 32.2. The molecular formula is C34H35NO5S2. The van der Waals surface area contributed by atoms with Gasteiger partial charge in [-0.15, -0.1) is 17.8 Å². The summed E-state index contributed by atoms with van der Waals surface area (Å²) in [6, 6.07) is 19.8. The molecule has 8 heteroatoms. The molecule has 0 saturated carbocycles. The van der Waals surface area contributed by atoms with E-state index in [1.165, 1.54) is 30.6 Å². The van der Waals surface area contributed by atoms with Crippen LogP contribution in [0.15, 0.2) is 66.7 Å². The zero-order valence-corrected chi connectivity index (χ0v) is 25.4. The average molecular weight is 602 g/mol. The summed E-state index contributed by atoms with van der Waals surface area (Å²) in [5.74, 6) is 3.52. The minimum atomic E-state index is -3.66. The molecule has 1 aliphatic rings. The number of piperidine rings is 1. The highest BCUT2D eigenvalue weighted by Crippen LogP contribution is 2.41. The Labute approximate surface area is 252 Å². The fourth-order valence-corrected chi connectivity index (χ4v) is 7.48. The summed E-state index contributed by atoms with van der Waals surface area (Å²) >= 11 is 1.48. The van der Waals surface area contributed by atoms with Crippen LogP contribution >= 0.6 is 11.3 Å². The lowest BCUT2D eigenvalue weighted by Crippen LogP contribution is -2.33. The predicted octanol–water partition coefficient (Wildman–Crippen LogP) is 7.15. The molecule has 4 aromatic rings. The first-order valence-electron chi connectivity index (χ1n) is 14.4. The Balaban J connectivity index is 1.39. The van der Waals surface area contributed by atoms with Crippen molar-refractivity contribution in [3.8, 4) is 34.3 Å². The van der Waals surface area contributed by atoms with Gasteiger partial charge in [0.05, 0.1) is 5.75 Å². The molecule has 0 bridgehead atoms. The summed E-state index contributed by atoms with van der Waals surface area (Å²) in [5.41, 5.74) is 2.67. The summed E-state index contributed by atoms with van der Waals surface area (Å²) in [7, 11) is -3.66. The maximum Gasteiger partial charge on any atom is 0.309 e. The lowest BCUT2D eigenvalue weighted by atomic mass is 9.97. The van der Waals surface area contributed by atoms with Gasteiger partial charge in [0.15, 0.2) is 5.78 Å². The molecule has 0 unspecified atom stereocenters. The molecule has 42 heavy (non-hydrogen) atoms. The van der Waals surface area contributed by atoms with Gasteiger partial charge in [0, 0.05) is 38.2 Å². The topological polar surface area (TPSA) is 72.9 Å². The summed E-state index contributed by atoms with van der Waals surface area (Å²) < 4.78 is 36.7. The molecule has 0 spiro atoms. The number of rotatable bonds is 12.